The number of aliphatic hydroxyl groups is 1. The van der Waals surface area contributed by atoms with Crippen molar-refractivity contribution in [2.24, 2.45) is 0 Å². The fraction of sp³-hybridized carbons (Fsp3) is 0.583. The van der Waals surface area contributed by atoms with Crippen LogP contribution in [-0.2, 0) is 32.7 Å². The van der Waals surface area contributed by atoms with Gasteiger partial charge in [0.25, 0.3) is 0 Å². The first-order valence-corrected chi connectivity index (χ1v) is 23.2. The van der Waals surface area contributed by atoms with Crippen LogP contribution in [0.25, 0.3) is 0 Å². The Morgan fingerprint density at radius 3 is 1.73 bits per heavy atom. The van der Waals surface area contributed by atoms with E-state index in [1.165, 1.54) is 19.3 Å². The van der Waals surface area contributed by atoms with Gasteiger partial charge in [-0.1, -0.05) is 136 Å². The van der Waals surface area contributed by atoms with Crippen molar-refractivity contribution in [3.63, 3.8) is 0 Å². The summed E-state index contributed by atoms with van der Waals surface area (Å²) in [5.41, 5.74) is 0. The Balaban J connectivity index is 4.67. The number of allylic oxidation sites excluding steroid dienone is 16. The van der Waals surface area contributed by atoms with Gasteiger partial charge < -0.3 is 24.0 Å². The summed E-state index contributed by atoms with van der Waals surface area (Å²) in [6, 6.07) is 0. The maximum atomic E-state index is 12.7. The van der Waals surface area contributed by atoms with E-state index in [4.69, 9.17) is 18.5 Å². The molecule has 0 aliphatic rings. The van der Waals surface area contributed by atoms with Crippen LogP contribution < -0.4 is 0 Å². The summed E-state index contributed by atoms with van der Waals surface area (Å²) < 4.78 is 34.1. The lowest BCUT2D eigenvalue weighted by atomic mass is 10.2. The summed E-state index contributed by atoms with van der Waals surface area (Å²) >= 11 is 0. The number of phosphoric ester groups is 1. The van der Waals surface area contributed by atoms with Gasteiger partial charge in [-0.15, -0.1) is 0 Å². The van der Waals surface area contributed by atoms with Gasteiger partial charge in [0.05, 0.1) is 33.9 Å². The average molecular weight is 845 g/mol. The van der Waals surface area contributed by atoms with E-state index in [0.717, 1.165) is 44.9 Å². The largest absolute Gasteiger partial charge is 0.472 e. The van der Waals surface area contributed by atoms with Crippen LogP contribution in [0.2, 0.25) is 0 Å². The van der Waals surface area contributed by atoms with Crippen molar-refractivity contribution < 1.29 is 47.2 Å². The second kappa shape index (κ2) is 38.8. The standard InChI is InChI=1S/C48H78NO9P/c1-6-8-10-12-14-16-17-18-19-20-21-22-23-25-27-31-36-40-48(52)58-46(44-57-59(53,54)56-42-41-49(3,4)5)43-55-47(51)39-35-32-28-30-34-38-45(50)37-33-29-26-24-15-13-11-9-7-2/h8,10,14-16,18-19,21-22,24-25,27-30,33-34,38,45-46,50H,6-7,9,11-13,17,20,23,26,31-32,35-37,39-44H2,1-5H3/p+1/b10-8-,16-14-,19-18-,22-21-,24-15-,27-25-,30-28+,33-29-,38-34-/t45?,46-/m1/s1. The minimum atomic E-state index is -4.43. The van der Waals surface area contributed by atoms with E-state index in [-0.39, 0.29) is 26.1 Å². The van der Waals surface area contributed by atoms with Crippen LogP contribution in [0.5, 0.6) is 0 Å². The number of hydrogen-bond donors (Lipinski definition) is 2. The van der Waals surface area contributed by atoms with Gasteiger partial charge in [-0.25, -0.2) is 4.57 Å². The van der Waals surface area contributed by atoms with Crippen molar-refractivity contribution in [1.82, 2.24) is 0 Å². The molecule has 0 fully saturated rings. The Hall–Kier alpha value is -3.37. The van der Waals surface area contributed by atoms with E-state index in [1.54, 1.807) is 12.2 Å². The molecular weight excluding hydrogens is 766 g/mol. The van der Waals surface area contributed by atoms with Gasteiger partial charge in [0.2, 0.25) is 0 Å². The van der Waals surface area contributed by atoms with E-state index in [2.05, 4.69) is 86.8 Å². The first-order valence-electron chi connectivity index (χ1n) is 21.7. The molecule has 10 nitrogen and oxygen atoms in total. The predicted molar refractivity (Wildman–Crippen MR) is 244 cm³/mol. The molecular formula is C48H79NO9P+. The van der Waals surface area contributed by atoms with Crippen LogP contribution >= 0.6 is 7.82 Å². The van der Waals surface area contributed by atoms with Crippen LogP contribution in [0.3, 0.4) is 0 Å². The molecule has 2 unspecified atom stereocenters. The number of quaternary nitrogens is 1. The highest BCUT2D eigenvalue weighted by Crippen LogP contribution is 2.43. The highest BCUT2D eigenvalue weighted by atomic mass is 31.2. The molecule has 0 aliphatic heterocycles. The van der Waals surface area contributed by atoms with Crippen LogP contribution in [-0.4, -0.2) is 86.1 Å². The average Bonchev–Trinajstić information content (AvgIpc) is 3.18. The van der Waals surface area contributed by atoms with Crippen molar-refractivity contribution in [1.29, 1.82) is 0 Å². The number of phosphoric acid groups is 1. The van der Waals surface area contributed by atoms with Gasteiger partial charge in [0.15, 0.2) is 6.10 Å². The SMILES string of the molecule is CC/C=C\C/C=C\C/C=C\C/C=C\C/C=C\CCCC(=O)O[C@H](COC(=O)CCC/C=C/C=C\C(O)C/C=C\C/C=C\CCCCC)COP(=O)(O)OCC[N+](C)(C)C. The number of carbonyl (C=O) groups excluding carboxylic acids is 2. The number of hydrogen-bond acceptors (Lipinski definition) is 8. The number of esters is 2. The molecule has 2 N–H and O–H groups in total. The fourth-order valence-corrected chi connectivity index (χ4v) is 5.68. The Bertz CT molecular complexity index is 1380. The zero-order valence-corrected chi connectivity index (χ0v) is 37.9. The maximum absolute atomic E-state index is 12.7. The molecule has 0 saturated heterocycles. The molecule has 0 aromatic heterocycles. The Kier molecular flexibility index (Phi) is 36.6. The molecule has 0 aromatic rings. The quantitative estimate of drug-likeness (QED) is 0.0157. The molecule has 59 heavy (non-hydrogen) atoms. The first kappa shape index (κ1) is 55.6. The minimum absolute atomic E-state index is 0.00789. The molecule has 0 saturated carbocycles. The topological polar surface area (TPSA) is 129 Å². The molecule has 0 aliphatic carbocycles. The normalized spacial score (nSPS) is 15.2. The van der Waals surface area contributed by atoms with Gasteiger partial charge in [0.1, 0.15) is 19.8 Å². The monoisotopic (exact) mass is 845 g/mol. The van der Waals surface area contributed by atoms with E-state index < -0.39 is 38.6 Å². The van der Waals surface area contributed by atoms with Gasteiger partial charge in [-0.3, -0.25) is 18.6 Å². The molecule has 0 bridgehead atoms. The minimum Gasteiger partial charge on any atom is -0.462 e. The van der Waals surface area contributed by atoms with Crippen LogP contribution in [0.15, 0.2) is 109 Å². The summed E-state index contributed by atoms with van der Waals surface area (Å²) in [6.45, 7) is 4.01. The number of nitrogens with zero attached hydrogens (tertiary/aromatic N) is 1. The zero-order valence-electron chi connectivity index (χ0n) is 37.0. The Morgan fingerprint density at radius 1 is 0.627 bits per heavy atom. The molecule has 0 aromatic carbocycles. The predicted octanol–water partition coefficient (Wildman–Crippen LogP) is 11.3. The lowest BCUT2D eigenvalue weighted by molar-refractivity contribution is -0.870. The van der Waals surface area contributed by atoms with Gasteiger partial charge in [-0.05, 0) is 83.5 Å². The summed E-state index contributed by atoms with van der Waals surface area (Å²) in [6.07, 6.45) is 48.9. The lowest BCUT2D eigenvalue weighted by Gasteiger charge is -2.24. The van der Waals surface area contributed by atoms with E-state index in [1.807, 2.05) is 45.4 Å². The summed E-state index contributed by atoms with van der Waals surface area (Å²) in [5.74, 6) is -1.01. The molecule has 0 spiro atoms. The lowest BCUT2D eigenvalue weighted by Crippen LogP contribution is -2.37. The van der Waals surface area contributed by atoms with Gasteiger partial charge in [-0.2, -0.15) is 0 Å². The smallest absolute Gasteiger partial charge is 0.462 e. The van der Waals surface area contributed by atoms with Crippen molar-refractivity contribution in [2.45, 2.75) is 135 Å². The van der Waals surface area contributed by atoms with Crippen LogP contribution in [0.4, 0.5) is 0 Å². The second-order valence-electron chi connectivity index (χ2n) is 15.2. The molecule has 0 amide bonds. The summed E-state index contributed by atoms with van der Waals surface area (Å²) in [5, 5.41) is 10.1. The summed E-state index contributed by atoms with van der Waals surface area (Å²) in [4.78, 5) is 35.3. The number of unbranched alkanes of at least 4 members (excludes halogenated alkanes) is 5. The summed E-state index contributed by atoms with van der Waals surface area (Å²) in [7, 11) is 1.34. The van der Waals surface area contributed by atoms with E-state index in [9.17, 15) is 24.2 Å². The molecule has 11 heteroatoms. The number of likely N-dealkylation sites (N-methyl/N-ethyl adjacent to an activating group) is 1. The number of rotatable bonds is 37. The third kappa shape index (κ3) is 42.6. The highest BCUT2D eigenvalue weighted by Gasteiger charge is 2.27. The maximum Gasteiger partial charge on any atom is 0.472 e. The van der Waals surface area contributed by atoms with E-state index in [0.29, 0.717) is 43.1 Å². The van der Waals surface area contributed by atoms with Gasteiger partial charge >= 0.3 is 19.8 Å². The van der Waals surface area contributed by atoms with Crippen molar-refractivity contribution in [2.75, 3.05) is 47.5 Å². The van der Waals surface area contributed by atoms with E-state index >= 15 is 0 Å². The molecule has 3 atom stereocenters. The van der Waals surface area contributed by atoms with Gasteiger partial charge in [0, 0.05) is 12.8 Å². The first-order chi connectivity index (χ1) is 28.4. The van der Waals surface area contributed by atoms with Crippen molar-refractivity contribution in [3.05, 3.63) is 109 Å². The Labute approximate surface area is 358 Å². The fourth-order valence-electron chi connectivity index (χ4n) is 4.94. The number of aliphatic hydroxyl groups excluding tert-OH is 1. The molecule has 334 valence electrons. The molecule has 0 rings (SSSR count). The highest BCUT2D eigenvalue weighted by molar-refractivity contribution is 7.47. The number of ether oxygens (including phenoxy) is 2. The second-order valence-corrected chi connectivity index (χ2v) is 16.6. The third-order valence-electron chi connectivity index (χ3n) is 8.37. The Morgan fingerprint density at radius 2 is 1.15 bits per heavy atom. The van der Waals surface area contributed by atoms with Crippen LogP contribution in [0.1, 0.15) is 123 Å². The molecule has 0 heterocycles. The van der Waals surface area contributed by atoms with Crippen molar-refractivity contribution in [3.8, 4) is 0 Å². The third-order valence-corrected chi connectivity index (χ3v) is 9.35. The van der Waals surface area contributed by atoms with Crippen LogP contribution in [0, 0.1) is 0 Å². The molecule has 0 radical (unpaired) electrons. The number of carbonyl (C=O) groups is 2. The zero-order chi connectivity index (χ0) is 43.7. The van der Waals surface area contributed by atoms with Crippen molar-refractivity contribution >= 4 is 19.8 Å².